The quantitative estimate of drug-likeness (QED) is 0.753. The van der Waals surface area contributed by atoms with Crippen LogP contribution in [0.2, 0.25) is 0 Å². The highest BCUT2D eigenvalue weighted by Crippen LogP contribution is 2.04. The lowest BCUT2D eigenvalue weighted by Gasteiger charge is -2.05. The smallest absolute Gasteiger partial charge is 0.319 e. The molecule has 3 aromatic rings. The monoisotopic (exact) mass is 268 g/mol. The van der Waals surface area contributed by atoms with E-state index in [9.17, 15) is 4.79 Å². The van der Waals surface area contributed by atoms with E-state index in [2.05, 4.69) is 25.7 Å². The number of amides is 2. The van der Waals surface area contributed by atoms with Gasteiger partial charge in [0.25, 0.3) is 5.78 Å². The molecule has 7 nitrogen and oxygen atoms in total. The summed E-state index contributed by atoms with van der Waals surface area (Å²) in [5, 5.41) is 9.60. The van der Waals surface area contributed by atoms with Gasteiger partial charge in [-0.1, -0.05) is 18.2 Å². The van der Waals surface area contributed by atoms with E-state index in [1.54, 1.807) is 23.0 Å². The molecule has 0 aliphatic rings. The fourth-order valence-electron chi connectivity index (χ4n) is 1.71. The summed E-state index contributed by atoms with van der Waals surface area (Å²) < 4.78 is 1.56. The van der Waals surface area contributed by atoms with Crippen molar-refractivity contribution in [3.05, 3.63) is 54.6 Å². The second-order valence-electron chi connectivity index (χ2n) is 4.07. The van der Waals surface area contributed by atoms with Gasteiger partial charge in [-0.2, -0.15) is 4.98 Å². The number of urea groups is 1. The highest BCUT2D eigenvalue weighted by atomic mass is 16.2. The molecule has 0 spiro atoms. The number of carbonyl (C=O) groups is 1. The van der Waals surface area contributed by atoms with Crippen molar-refractivity contribution in [2.45, 2.75) is 6.54 Å². The zero-order valence-corrected chi connectivity index (χ0v) is 10.5. The first-order valence-electron chi connectivity index (χ1n) is 6.07. The van der Waals surface area contributed by atoms with Crippen molar-refractivity contribution in [2.75, 3.05) is 5.32 Å². The Morgan fingerprint density at radius 1 is 1.20 bits per heavy atom. The molecule has 3 rings (SSSR count). The van der Waals surface area contributed by atoms with Gasteiger partial charge in [0.2, 0.25) is 0 Å². The molecule has 0 saturated heterocycles. The van der Waals surface area contributed by atoms with Crippen molar-refractivity contribution < 1.29 is 4.79 Å². The molecule has 7 heteroatoms. The Balaban J connectivity index is 1.60. The number of hydrogen-bond acceptors (Lipinski definition) is 4. The van der Waals surface area contributed by atoms with Crippen LogP contribution < -0.4 is 10.6 Å². The standard InChI is InChI=1S/C13H12N6O/c20-13(16-10-5-2-1-3-6-10)15-9-11-17-12-14-7-4-8-19(12)18-11/h1-8H,9H2,(H2,15,16,20). The number of benzene rings is 1. The fourth-order valence-corrected chi connectivity index (χ4v) is 1.71. The van der Waals surface area contributed by atoms with Crippen LogP contribution in [-0.4, -0.2) is 25.6 Å². The molecule has 20 heavy (non-hydrogen) atoms. The molecule has 2 aromatic heterocycles. The van der Waals surface area contributed by atoms with Gasteiger partial charge in [-0.25, -0.2) is 14.3 Å². The predicted octanol–water partition coefficient (Wildman–Crippen LogP) is 1.45. The molecule has 0 aliphatic carbocycles. The first-order chi connectivity index (χ1) is 9.81. The highest BCUT2D eigenvalue weighted by Gasteiger charge is 2.06. The van der Waals surface area contributed by atoms with Crippen molar-refractivity contribution in [1.29, 1.82) is 0 Å². The third-order valence-corrected chi connectivity index (χ3v) is 2.60. The van der Waals surface area contributed by atoms with Gasteiger partial charge in [0.15, 0.2) is 5.82 Å². The Labute approximate surface area is 114 Å². The second-order valence-corrected chi connectivity index (χ2v) is 4.07. The van der Waals surface area contributed by atoms with Crippen LogP contribution in [0.5, 0.6) is 0 Å². The lowest BCUT2D eigenvalue weighted by Crippen LogP contribution is -2.28. The molecular formula is C13H12N6O. The summed E-state index contributed by atoms with van der Waals surface area (Å²) in [7, 11) is 0. The number of nitrogens with one attached hydrogen (secondary N) is 2. The number of carbonyl (C=O) groups excluding carboxylic acids is 1. The predicted molar refractivity (Wildman–Crippen MR) is 73.1 cm³/mol. The summed E-state index contributed by atoms with van der Waals surface area (Å²) in [6.07, 6.45) is 3.40. The van der Waals surface area contributed by atoms with E-state index in [0.29, 0.717) is 11.6 Å². The Hall–Kier alpha value is -2.96. The molecule has 0 aliphatic heterocycles. The Morgan fingerprint density at radius 3 is 2.85 bits per heavy atom. The van der Waals surface area contributed by atoms with Crippen LogP contribution in [-0.2, 0) is 6.54 Å². The molecule has 0 atom stereocenters. The molecule has 2 amide bonds. The van der Waals surface area contributed by atoms with Gasteiger partial charge in [0, 0.05) is 18.1 Å². The topological polar surface area (TPSA) is 84.2 Å². The van der Waals surface area contributed by atoms with E-state index in [4.69, 9.17) is 0 Å². The molecule has 0 radical (unpaired) electrons. The van der Waals surface area contributed by atoms with E-state index in [0.717, 1.165) is 5.69 Å². The largest absolute Gasteiger partial charge is 0.330 e. The van der Waals surface area contributed by atoms with Crippen LogP contribution in [0.3, 0.4) is 0 Å². The summed E-state index contributed by atoms with van der Waals surface area (Å²) in [6, 6.07) is 10.7. The maximum Gasteiger partial charge on any atom is 0.319 e. The average molecular weight is 268 g/mol. The van der Waals surface area contributed by atoms with Crippen molar-refractivity contribution in [3.63, 3.8) is 0 Å². The van der Waals surface area contributed by atoms with Crippen LogP contribution in [0.25, 0.3) is 5.78 Å². The van der Waals surface area contributed by atoms with E-state index >= 15 is 0 Å². The van der Waals surface area contributed by atoms with Gasteiger partial charge in [0.05, 0.1) is 6.54 Å². The number of anilines is 1. The molecular weight excluding hydrogens is 256 g/mol. The van der Waals surface area contributed by atoms with Gasteiger partial charge < -0.3 is 10.6 Å². The third kappa shape index (κ3) is 2.72. The van der Waals surface area contributed by atoms with Gasteiger partial charge in [0.1, 0.15) is 0 Å². The van der Waals surface area contributed by atoms with Crippen LogP contribution in [0.4, 0.5) is 10.5 Å². The Bertz CT molecular complexity index is 691. The van der Waals surface area contributed by atoms with Gasteiger partial charge in [-0.05, 0) is 18.2 Å². The maximum atomic E-state index is 11.7. The summed E-state index contributed by atoms with van der Waals surface area (Å²) >= 11 is 0. The van der Waals surface area contributed by atoms with Gasteiger partial charge >= 0.3 is 6.03 Å². The molecule has 1 aromatic carbocycles. The van der Waals surface area contributed by atoms with E-state index in [1.165, 1.54) is 0 Å². The first-order valence-corrected chi connectivity index (χ1v) is 6.07. The minimum absolute atomic E-state index is 0.238. The number of nitrogens with zero attached hydrogens (tertiary/aromatic N) is 4. The summed E-state index contributed by atoms with van der Waals surface area (Å²) in [5.41, 5.74) is 0.731. The van der Waals surface area contributed by atoms with Crippen molar-refractivity contribution in [3.8, 4) is 0 Å². The van der Waals surface area contributed by atoms with Gasteiger partial charge in [-0.3, -0.25) is 0 Å². The van der Waals surface area contributed by atoms with Crippen LogP contribution in [0, 0.1) is 0 Å². The molecule has 0 fully saturated rings. The third-order valence-electron chi connectivity index (χ3n) is 2.60. The van der Waals surface area contributed by atoms with Crippen molar-refractivity contribution in [2.24, 2.45) is 0 Å². The van der Waals surface area contributed by atoms with E-state index in [1.807, 2.05) is 30.3 Å². The molecule has 2 heterocycles. The number of aromatic nitrogens is 4. The molecule has 0 unspecified atom stereocenters. The normalized spacial score (nSPS) is 10.4. The van der Waals surface area contributed by atoms with Crippen LogP contribution >= 0.6 is 0 Å². The Kier molecular flexibility index (Phi) is 3.24. The zero-order valence-electron chi connectivity index (χ0n) is 10.5. The Morgan fingerprint density at radius 2 is 2.05 bits per heavy atom. The molecule has 100 valence electrons. The number of hydrogen-bond donors (Lipinski definition) is 2. The fraction of sp³-hybridized carbons (Fsp3) is 0.0769. The minimum atomic E-state index is -0.303. The molecule has 0 bridgehead atoms. The minimum Gasteiger partial charge on any atom is -0.330 e. The second kappa shape index (κ2) is 5.35. The SMILES string of the molecule is O=C(NCc1nc2ncccn2n1)Nc1ccccc1. The van der Waals surface area contributed by atoms with E-state index in [-0.39, 0.29) is 12.6 Å². The molecule has 0 saturated carbocycles. The van der Waals surface area contributed by atoms with Gasteiger partial charge in [-0.15, -0.1) is 5.10 Å². The summed E-state index contributed by atoms with van der Waals surface area (Å²) in [5.74, 6) is 1.01. The van der Waals surface area contributed by atoms with Crippen LogP contribution in [0.15, 0.2) is 48.8 Å². The van der Waals surface area contributed by atoms with Crippen LogP contribution in [0.1, 0.15) is 5.82 Å². The number of para-hydroxylation sites is 1. The maximum absolute atomic E-state index is 11.7. The van der Waals surface area contributed by atoms with E-state index < -0.39 is 0 Å². The lowest BCUT2D eigenvalue weighted by atomic mass is 10.3. The highest BCUT2D eigenvalue weighted by molar-refractivity contribution is 5.89. The number of rotatable bonds is 3. The zero-order chi connectivity index (χ0) is 13.8. The molecule has 2 N–H and O–H groups in total. The summed E-state index contributed by atoms with van der Waals surface area (Å²) in [6.45, 7) is 0.238. The van der Waals surface area contributed by atoms with Crippen molar-refractivity contribution in [1.82, 2.24) is 24.9 Å². The summed E-state index contributed by atoms with van der Waals surface area (Å²) in [4.78, 5) is 19.9. The average Bonchev–Trinajstić information content (AvgIpc) is 2.89. The lowest BCUT2D eigenvalue weighted by molar-refractivity contribution is 0.251. The van der Waals surface area contributed by atoms with Crippen molar-refractivity contribution >= 4 is 17.5 Å². The first kappa shape index (κ1) is 12.1. The number of fused-ring (bicyclic) bond motifs is 1.